The van der Waals surface area contributed by atoms with Crippen molar-refractivity contribution in [1.29, 1.82) is 0 Å². The maximum Gasteiger partial charge on any atom is 0.302 e. The smallest absolute Gasteiger partial charge is 0.302 e. The first kappa shape index (κ1) is 12.6. The van der Waals surface area contributed by atoms with Gasteiger partial charge in [-0.05, 0) is 26.2 Å². The van der Waals surface area contributed by atoms with Crippen molar-refractivity contribution < 1.29 is 14.3 Å². The Morgan fingerprint density at radius 3 is 2.94 bits per heavy atom. The Morgan fingerprint density at radius 1 is 1.59 bits per heavy atom. The van der Waals surface area contributed by atoms with Crippen LogP contribution in [0.4, 0.5) is 0 Å². The Labute approximate surface area is 103 Å². The highest BCUT2D eigenvalue weighted by Crippen LogP contribution is 2.49. The highest BCUT2D eigenvalue weighted by molar-refractivity contribution is 5.65. The first-order chi connectivity index (χ1) is 7.96. The molecule has 2 aliphatic rings. The minimum absolute atomic E-state index is 0.0116. The molecule has 0 radical (unpaired) electrons. The molecule has 2 bridgehead atoms. The van der Waals surface area contributed by atoms with Crippen LogP contribution < -0.4 is 0 Å². The quantitative estimate of drug-likeness (QED) is 0.548. The van der Waals surface area contributed by atoms with E-state index >= 15 is 0 Å². The predicted molar refractivity (Wildman–Crippen MR) is 65.5 cm³/mol. The summed E-state index contributed by atoms with van der Waals surface area (Å²) in [5.74, 6) is 0.775. The van der Waals surface area contributed by atoms with E-state index in [9.17, 15) is 4.79 Å². The first-order valence-electron chi connectivity index (χ1n) is 6.38. The molecule has 1 heterocycles. The van der Waals surface area contributed by atoms with Crippen molar-refractivity contribution in [1.82, 2.24) is 0 Å². The molecular weight excluding hydrogens is 216 g/mol. The average Bonchev–Trinajstić information content (AvgIpc) is 2.26. The van der Waals surface area contributed by atoms with Crippen LogP contribution in [0.3, 0.4) is 0 Å². The number of carbonyl (C=O) groups is 1. The summed E-state index contributed by atoms with van der Waals surface area (Å²) >= 11 is 0. The number of ether oxygens (including phenoxy) is 2. The number of fused-ring (bicyclic) bond motifs is 2. The molecule has 4 atom stereocenters. The molecule has 1 aliphatic heterocycles. The molecule has 0 amide bonds. The first-order valence-corrected chi connectivity index (χ1v) is 6.38. The predicted octanol–water partition coefficient (Wildman–Crippen LogP) is 2.56. The number of hydrogen-bond donors (Lipinski definition) is 0. The minimum Gasteiger partial charge on any atom is -0.465 e. The lowest BCUT2D eigenvalue weighted by Crippen LogP contribution is -2.52. The van der Waals surface area contributed by atoms with Gasteiger partial charge in [0, 0.05) is 18.3 Å². The molecule has 1 fully saturated rings. The zero-order chi connectivity index (χ0) is 12.6. The zero-order valence-electron chi connectivity index (χ0n) is 11.2. The lowest BCUT2D eigenvalue weighted by Gasteiger charge is -2.51. The van der Waals surface area contributed by atoms with Crippen LogP contribution in [0, 0.1) is 17.3 Å². The minimum atomic E-state index is -0.201. The summed E-state index contributed by atoms with van der Waals surface area (Å²) in [5.41, 5.74) is 1.41. The summed E-state index contributed by atoms with van der Waals surface area (Å²) in [6.07, 6.45) is 3.52. The van der Waals surface area contributed by atoms with Gasteiger partial charge in [0.2, 0.25) is 0 Å². The SMILES string of the molecule is CC(=O)OC[C@]12CC=C(C)[C@H]([C@H](C)OC1)[C@H]2C. The lowest BCUT2D eigenvalue weighted by molar-refractivity contribution is -0.165. The van der Waals surface area contributed by atoms with E-state index in [0.717, 1.165) is 6.42 Å². The van der Waals surface area contributed by atoms with Gasteiger partial charge in [-0.15, -0.1) is 0 Å². The van der Waals surface area contributed by atoms with Crippen LogP contribution in [0.2, 0.25) is 0 Å². The number of rotatable bonds is 2. The third-order valence-corrected chi connectivity index (χ3v) is 4.56. The normalized spacial score (nSPS) is 40.7. The van der Waals surface area contributed by atoms with Crippen LogP contribution in [-0.2, 0) is 14.3 Å². The van der Waals surface area contributed by atoms with Crippen LogP contribution in [0.25, 0.3) is 0 Å². The second-order valence-electron chi connectivity index (χ2n) is 5.63. The molecule has 0 aromatic heterocycles. The third kappa shape index (κ3) is 2.13. The second kappa shape index (κ2) is 4.45. The Balaban J connectivity index is 2.21. The fourth-order valence-corrected chi connectivity index (χ4v) is 3.31. The van der Waals surface area contributed by atoms with Crippen LogP contribution in [0.1, 0.15) is 34.1 Å². The summed E-state index contributed by atoms with van der Waals surface area (Å²) in [7, 11) is 0. The molecule has 0 aromatic rings. The molecule has 96 valence electrons. The molecule has 2 rings (SSSR count). The van der Waals surface area contributed by atoms with E-state index in [2.05, 4.69) is 26.8 Å². The lowest BCUT2D eigenvalue weighted by atomic mass is 9.60. The van der Waals surface area contributed by atoms with Crippen molar-refractivity contribution in [2.75, 3.05) is 13.2 Å². The van der Waals surface area contributed by atoms with Crippen molar-refractivity contribution in [3.8, 4) is 0 Å². The van der Waals surface area contributed by atoms with E-state index in [1.54, 1.807) is 0 Å². The highest BCUT2D eigenvalue weighted by atomic mass is 16.5. The van der Waals surface area contributed by atoms with Crippen molar-refractivity contribution in [3.05, 3.63) is 11.6 Å². The largest absolute Gasteiger partial charge is 0.465 e. The van der Waals surface area contributed by atoms with E-state index < -0.39 is 0 Å². The molecule has 3 heteroatoms. The maximum atomic E-state index is 11.0. The molecule has 1 aliphatic carbocycles. The molecule has 0 N–H and O–H groups in total. The summed E-state index contributed by atoms with van der Waals surface area (Å²) < 4.78 is 11.1. The second-order valence-corrected chi connectivity index (χ2v) is 5.63. The van der Waals surface area contributed by atoms with Gasteiger partial charge in [0.1, 0.15) is 0 Å². The topological polar surface area (TPSA) is 35.5 Å². The summed E-state index contributed by atoms with van der Waals surface area (Å²) in [5, 5.41) is 0. The number of hydrogen-bond acceptors (Lipinski definition) is 3. The van der Waals surface area contributed by atoms with Crippen LogP contribution >= 0.6 is 0 Å². The molecule has 17 heavy (non-hydrogen) atoms. The molecule has 0 spiro atoms. The third-order valence-electron chi connectivity index (χ3n) is 4.56. The van der Waals surface area contributed by atoms with Crippen molar-refractivity contribution in [3.63, 3.8) is 0 Å². The molecule has 3 nitrogen and oxygen atoms in total. The average molecular weight is 238 g/mol. The van der Waals surface area contributed by atoms with Gasteiger partial charge in [-0.25, -0.2) is 0 Å². The highest BCUT2D eigenvalue weighted by Gasteiger charge is 2.49. The number of carbonyl (C=O) groups excluding carboxylic acids is 1. The zero-order valence-corrected chi connectivity index (χ0v) is 11.2. The molecule has 0 aromatic carbocycles. The monoisotopic (exact) mass is 238 g/mol. The molecule has 0 unspecified atom stereocenters. The number of allylic oxidation sites excluding steroid dienone is 1. The van der Waals surface area contributed by atoms with Crippen LogP contribution in [0.5, 0.6) is 0 Å². The van der Waals surface area contributed by atoms with Gasteiger partial charge in [0.25, 0.3) is 0 Å². The van der Waals surface area contributed by atoms with Gasteiger partial charge in [-0.2, -0.15) is 0 Å². The van der Waals surface area contributed by atoms with Gasteiger partial charge in [-0.3, -0.25) is 4.79 Å². The molecule has 1 saturated heterocycles. The van der Waals surface area contributed by atoms with Crippen molar-refractivity contribution in [2.45, 2.75) is 40.2 Å². The Bertz CT molecular complexity index is 347. The number of esters is 1. The van der Waals surface area contributed by atoms with E-state index in [4.69, 9.17) is 9.47 Å². The molecule has 0 saturated carbocycles. The maximum absolute atomic E-state index is 11.0. The van der Waals surface area contributed by atoms with Crippen LogP contribution in [-0.4, -0.2) is 25.3 Å². The van der Waals surface area contributed by atoms with E-state index in [-0.39, 0.29) is 17.5 Å². The Hall–Kier alpha value is -0.830. The van der Waals surface area contributed by atoms with E-state index in [1.165, 1.54) is 12.5 Å². The van der Waals surface area contributed by atoms with Gasteiger partial charge in [-0.1, -0.05) is 18.6 Å². The summed E-state index contributed by atoms with van der Waals surface area (Å²) in [6.45, 7) is 9.24. The van der Waals surface area contributed by atoms with Crippen LogP contribution in [0.15, 0.2) is 11.6 Å². The van der Waals surface area contributed by atoms with Gasteiger partial charge >= 0.3 is 5.97 Å². The van der Waals surface area contributed by atoms with E-state index in [1.807, 2.05) is 0 Å². The summed E-state index contributed by atoms with van der Waals surface area (Å²) in [4.78, 5) is 11.0. The van der Waals surface area contributed by atoms with Gasteiger partial charge in [0.05, 0.1) is 19.3 Å². The van der Waals surface area contributed by atoms with Crippen molar-refractivity contribution in [2.24, 2.45) is 17.3 Å². The van der Waals surface area contributed by atoms with Gasteiger partial charge < -0.3 is 9.47 Å². The Morgan fingerprint density at radius 2 is 2.29 bits per heavy atom. The fourth-order valence-electron chi connectivity index (χ4n) is 3.31. The summed E-state index contributed by atoms with van der Waals surface area (Å²) in [6, 6.07) is 0. The van der Waals surface area contributed by atoms with Gasteiger partial charge in [0.15, 0.2) is 0 Å². The van der Waals surface area contributed by atoms with E-state index in [0.29, 0.717) is 25.0 Å². The fraction of sp³-hybridized carbons (Fsp3) is 0.786. The standard InChI is InChI=1S/C14H22O3/c1-9-5-6-14(8-17-12(4)15)7-16-11(3)13(9)10(14)2/h5,10-11,13H,6-8H2,1-4H3/t10-,11+,13+,14+/m1/s1. The Kier molecular flexibility index (Phi) is 3.30. The van der Waals surface area contributed by atoms with Crippen molar-refractivity contribution >= 4 is 5.97 Å². The molecular formula is C14H22O3.